The summed E-state index contributed by atoms with van der Waals surface area (Å²) in [5.74, 6) is -0.0310. The summed E-state index contributed by atoms with van der Waals surface area (Å²) in [6.07, 6.45) is 2.14. The average molecular weight is 435 g/mol. The number of hydrogen-bond donors (Lipinski definition) is 3. The molecule has 1 aromatic heterocycles. The third kappa shape index (κ3) is 5.28. The van der Waals surface area contributed by atoms with Gasteiger partial charge in [-0.1, -0.05) is 23.7 Å². The van der Waals surface area contributed by atoms with E-state index in [4.69, 9.17) is 27.5 Å². The average Bonchev–Trinajstić information content (AvgIpc) is 3.03. The van der Waals surface area contributed by atoms with E-state index in [-0.39, 0.29) is 11.6 Å². The van der Waals surface area contributed by atoms with Crippen LogP contribution < -0.4 is 16.7 Å². The van der Waals surface area contributed by atoms with Crippen LogP contribution in [0.5, 0.6) is 0 Å². The maximum Gasteiger partial charge on any atom is 0.348 e. The van der Waals surface area contributed by atoms with Crippen LogP contribution in [0.2, 0.25) is 5.02 Å². The number of halogens is 1. The van der Waals surface area contributed by atoms with E-state index >= 15 is 0 Å². The molecule has 0 aliphatic carbocycles. The minimum absolute atomic E-state index is 0.280. The van der Waals surface area contributed by atoms with Crippen molar-refractivity contribution in [3.63, 3.8) is 0 Å². The maximum absolute atomic E-state index is 12.9. The summed E-state index contributed by atoms with van der Waals surface area (Å²) in [5, 5.41) is 16.3. The Bertz CT molecular complexity index is 946. The van der Waals surface area contributed by atoms with Gasteiger partial charge in [0.25, 0.3) is 0 Å². The lowest BCUT2D eigenvalue weighted by molar-refractivity contribution is -0.120. The molecule has 0 saturated carbocycles. The van der Waals surface area contributed by atoms with Crippen LogP contribution in [0.25, 0.3) is 0 Å². The van der Waals surface area contributed by atoms with Crippen LogP contribution >= 0.6 is 11.6 Å². The first-order valence-corrected chi connectivity index (χ1v) is 10.4. The minimum atomic E-state index is -0.834. The number of amides is 1. The van der Waals surface area contributed by atoms with Crippen molar-refractivity contribution in [1.82, 2.24) is 14.3 Å². The molecule has 0 unspecified atom stereocenters. The zero-order chi connectivity index (χ0) is 21.7. The summed E-state index contributed by atoms with van der Waals surface area (Å²) < 4.78 is 8.05. The number of nitrogens with zero attached hydrogens (tertiary/aromatic N) is 3. The molecule has 4 N–H and O–H groups in total. The molecule has 1 amide bonds. The fraction of sp³-hybridized carbons (Fsp3) is 0.500. The Labute approximate surface area is 179 Å². The van der Waals surface area contributed by atoms with E-state index in [1.54, 1.807) is 31.2 Å². The van der Waals surface area contributed by atoms with Crippen LogP contribution in [0, 0.1) is 11.3 Å². The predicted octanol–water partition coefficient (Wildman–Crippen LogP) is 2.04. The van der Waals surface area contributed by atoms with Crippen molar-refractivity contribution in [2.75, 3.05) is 25.1 Å². The lowest BCUT2D eigenvalue weighted by atomic mass is 10.0. The summed E-state index contributed by atoms with van der Waals surface area (Å²) in [4.78, 5) is 24.6. The highest BCUT2D eigenvalue weighted by atomic mass is 35.5. The molecule has 1 saturated heterocycles. The van der Waals surface area contributed by atoms with Crippen molar-refractivity contribution >= 4 is 29.2 Å². The number of ether oxygens (including phenoxy) is 1. The van der Waals surface area contributed by atoms with E-state index in [1.165, 1.54) is 9.25 Å². The van der Waals surface area contributed by atoms with Gasteiger partial charge in [0.2, 0.25) is 11.9 Å². The van der Waals surface area contributed by atoms with E-state index in [1.807, 2.05) is 0 Å². The van der Waals surface area contributed by atoms with Crippen molar-refractivity contribution < 1.29 is 9.53 Å². The Hall–Kier alpha value is -2.65. The van der Waals surface area contributed by atoms with E-state index in [0.29, 0.717) is 49.4 Å². The molecule has 3 rings (SSSR count). The zero-order valence-corrected chi connectivity index (χ0v) is 17.7. The summed E-state index contributed by atoms with van der Waals surface area (Å²) in [7, 11) is 0. The Balaban J connectivity index is 1.72. The SMILES string of the molecule is C[C@H](C(N)=O)n1c(NCCC(=N)c2ccc(Cl)cc2)nn(CC2CCOCC2)c1=O. The fourth-order valence-corrected chi connectivity index (χ4v) is 3.53. The molecule has 0 bridgehead atoms. The van der Waals surface area contributed by atoms with Gasteiger partial charge in [-0.25, -0.2) is 14.0 Å². The van der Waals surface area contributed by atoms with Crippen LogP contribution in [0.1, 0.15) is 37.8 Å². The van der Waals surface area contributed by atoms with Gasteiger partial charge < -0.3 is 21.2 Å². The largest absolute Gasteiger partial charge is 0.381 e. The van der Waals surface area contributed by atoms with Gasteiger partial charge in [-0.3, -0.25) is 4.79 Å². The second-order valence-corrected chi connectivity index (χ2v) is 7.89. The standard InChI is InChI=1S/C20H27ClN6O3/c1-13(18(23)28)27-19(24-9-6-17(22)15-2-4-16(21)5-3-15)25-26(20(27)29)12-14-7-10-30-11-8-14/h2-5,13-14,22H,6-12H2,1H3,(H2,23,28)(H,24,25)/t13-/m1/s1. The van der Waals surface area contributed by atoms with Crippen LogP contribution in [0.15, 0.2) is 29.1 Å². The van der Waals surface area contributed by atoms with Crippen molar-refractivity contribution in [3.8, 4) is 0 Å². The summed E-state index contributed by atoms with van der Waals surface area (Å²) in [6.45, 7) is 3.77. The number of carbonyl (C=O) groups is 1. The lowest BCUT2D eigenvalue weighted by Crippen LogP contribution is -2.35. The second-order valence-electron chi connectivity index (χ2n) is 7.45. The van der Waals surface area contributed by atoms with Crippen molar-refractivity contribution in [2.45, 2.75) is 38.8 Å². The van der Waals surface area contributed by atoms with Gasteiger partial charge in [0.05, 0.1) is 0 Å². The molecule has 1 fully saturated rings. The van der Waals surface area contributed by atoms with Gasteiger partial charge in [0.1, 0.15) is 6.04 Å². The third-order valence-electron chi connectivity index (χ3n) is 5.29. The number of benzene rings is 1. The Morgan fingerprint density at radius 3 is 2.67 bits per heavy atom. The minimum Gasteiger partial charge on any atom is -0.381 e. The zero-order valence-electron chi connectivity index (χ0n) is 16.9. The van der Waals surface area contributed by atoms with Crippen molar-refractivity contribution in [2.24, 2.45) is 11.7 Å². The molecule has 0 spiro atoms. The molecule has 9 nitrogen and oxygen atoms in total. The molecule has 1 aliphatic rings. The van der Waals surface area contributed by atoms with Gasteiger partial charge >= 0.3 is 5.69 Å². The Kier molecular flexibility index (Phi) is 7.28. The summed E-state index contributed by atoms with van der Waals surface area (Å²) in [5.41, 5.74) is 6.27. The molecule has 1 aromatic carbocycles. The quantitative estimate of drug-likeness (QED) is 0.520. The highest BCUT2D eigenvalue weighted by Crippen LogP contribution is 2.17. The van der Waals surface area contributed by atoms with Crippen molar-refractivity contribution in [3.05, 3.63) is 45.3 Å². The molecular weight excluding hydrogens is 408 g/mol. The number of primary amides is 1. The number of carbonyl (C=O) groups excluding carboxylic acids is 1. The van der Waals surface area contributed by atoms with E-state index in [0.717, 1.165) is 18.4 Å². The van der Waals surface area contributed by atoms with Crippen molar-refractivity contribution in [1.29, 1.82) is 5.41 Å². The number of nitrogens with two attached hydrogens (primary N) is 1. The number of nitrogens with one attached hydrogen (secondary N) is 2. The maximum atomic E-state index is 12.9. The molecule has 30 heavy (non-hydrogen) atoms. The van der Waals surface area contributed by atoms with Crippen LogP contribution in [-0.2, 0) is 16.1 Å². The fourth-order valence-electron chi connectivity index (χ4n) is 3.40. The van der Waals surface area contributed by atoms with Gasteiger partial charge in [0.15, 0.2) is 0 Å². The highest BCUT2D eigenvalue weighted by Gasteiger charge is 2.24. The topological polar surface area (TPSA) is 128 Å². The first-order chi connectivity index (χ1) is 14.4. The highest BCUT2D eigenvalue weighted by molar-refractivity contribution is 6.30. The molecule has 0 radical (unpaired) electrons. The normalized spacial score (nSPS) is 15.7. The molecule has 1 aliphatic heterocycles. The molecule has 2 aromatic rings. The second kappa shape index (κ2) is 9.90. The summed E-state index contributed by atoms with van der Waals surface area (Å²) >= 11 is 5.89. The van der Waals surface area contributed by atoms with E-state index in [9.17, 15) is 9.59 Å². The molecule has 162 valence electrons. The predicted molar refractivity (Wildman–Crippen MR) is 115 cm³/mol. The Morgan fingerprint density at radius 2 is 2.03 bits per heavy atom. The first kappa shape index (κ1) is 22.0. The Morgan fingerprint density at radius 1 is 1.37 bits per heavy atom. The van der Waals surface area contributed by atoms with Gasteiger partial charge in [-0.15, -0.1) is 5.10 Å². The number of anilines is 1. The van der Waals surface area contributed by atoms with E-state index in [2.05, 4.69) is 10.4 Å². The van der Waals surface area contributed by atoms with Crippen LogP contribution in [0.3, 0.4) is 0 Å². The lowest BCUT2D eigenvalue weighted by Gasteiger charge is -2.21. The first-order valence-electron chi connectivity index (χ1n) is 10.0. The van der Waals surface area contributed by atoms with Gasteiger partial charge in [0, 0.05) is 43.5 Å². The summed E-state index contributed by atoms with van der Waals surface area (Å²) in [6, 6.07) is 6.22. The number of aromatic nitrogens is 3. The van der Waals surface area contributed by atoms with Gasteiger partial charge in [-0.2, -0.15) is 0 Å². The smallest absolute Gasteiger partial charge is 0.348 e. The van der Waals surface area contributed by atoms with Gasteiger partial charge in [-0.05, 0) is 43.4 Å². The van der Waals surface area contributed by atoms with Crippen LogP contribution in [0.4, 0.5) is 5.95 Å². The van der Waals surface area contributed by atoms with Crippen LogP contribution in [-0.4, -0.2) is 45.7 Å². The molecule has 1 atom stereocenters. The molecule has 2 heterocycles. The molecule has 10 heteroatoms. The third-order valence-corrected chi connectivity index (χ3v) is 5.54. The number of hydrogen-bond acceptors (Lipinski definition) is 6. The molecular formula is C20H27ClN6O3. The monoisotopic (exact) mass is 434 g/mol. The number of rotatable bonds is 9. The van der Waals surface area contributed by atoms with E-state index < -0.39 is 11.9 Å².